The zero-order valence-corrected chi connectivity index (χ0v) is 12.9. The lowest BCUT2D eigenvalue weighted by Crippen LogP contribution is -2.39. The van der Waals surface area contributed by atoms with Crippen molar-refractivity contribution in [3.63, 3.8) is 0 Å². The molecular formula is C14H32N2O2. The molecule has 0 saturated carbocycles. The van der Waals surface area contributed by atoms with E-state index < -0.39 is 0 Å². The highest BCUT2D eigenvalue weighted by Gasteiger charge is 2.20. The average molecular weight is 260 g/mol. The standard InChI is InChI=1S/C14H32N2O2/c1-14(2,3)13(15)7-9-16(10-12-18-5)8-6-11-17-4/h13H,6-12,15H2,1-5H3. The van der Waals surface area contributed by atoms with Crippen molar-refractivity contribution in [2.24, 2.45) is 11.1 Å². The second-order valence-corrected chi connectivity index (χ2v) is 5.94. The molecule has 0 heterocycles. The molecule has 0 aliphatic rings. The Balaban J connectivity index is 3.98. The van der Waals surface area contributed by atoms with Gasteiger partial charge in [0.1, 0.15) is 0 Å². The molecule has 4 heteroatoms. The third kappa shape index (κ3) is 8.86. The van der Waals surface area contributed by atoms with Gasteiger partial charge in [-0.3, -0.25) is 0 Å². The first-order valence-corrected chi connectivity index (χ1v) is 6.87. The van der Waals surface area contributed by atoms with E-state index in [2.05, 4.69) is 25.7 Å². The molecule has 0 bridgehead atoms. The lowest BCUT2D eigenvalue weighted by Gasteiger charge is -2.30. The van der Waals surface area contributed by atoms with Gasteiger partial charge in [0.2, 0.25) is 0 Å². The summed E-state index contributed by atoms with van der Waals surface area (Å²) < 4.78 is 10.2. The summed E-state index contributed by atoms with van der Waals surface area (Å²) in [6, 6.07) is 0.241. The van der Waals surface area contributed by atoms with Crippen molar-refractivity contribution >= 4 is 0 Å². The maximum absolute atomic E-state index is 6.20. The lowest BCUT2D eigenvalue weighted by atomic mass is 9.85. The largest absolute Gasteiger partial charge is 0.385 e. The molecule has 1 unspecified atom stereocenters. The molecule has 0 rings (SSSR count). The zero-order chi connectivity index (χ0) is 14.0. The Morgan fingerprint density at radius 1 is 1.00 bits per heavy atom. The zero-order valence-electron chi connectivity index (χ0n) is 12.9. The minimum atomic E-state index is 0.180. The molecule has 2 N–H and O–H groups in total. The Bertz CT molecular complexity index is 193. The number of nitrogens with two attached hydrogens (primary N) is 1. The number of hydrogen-bond acceptors (Lipinski definition) is 4. The molecule has 0 aliphatic heterocycles. The number of nitrogens with zero attached hydrogens (tertiary/aromatic N) is 1. The van der Waals surface area contributed by atoms with Gasteiger partial charge in [-0.15, -0.1) is 0 Å². The van der Waals surface area contributed by atoms with Crippen LogP contribution in [-0.2, 0) is 9.47 Å². The van der Waals surface area contributed by atoms with Gasteiger partial charge in [0.05, 0.1) is 6.61 Å². The summed E-state index contributed by atoms with van der Waals surface area (Å²) in [6.07, 6.45) is 2.09. The van der Waals surface area contributed by atoms with Crippen molar-refractivity contribution in [1.29, 1.82) is 0 Å². The normalized spacial score (nSPS) is 14.2. The number of ether oxygens (including phenoxy) is 2. The fourth-order valence-corrected chi connectivity index (χ4v) is 1.74. The van der Waals surface area contributed by atoms with Crippen LogP contribution in [0.1, 0.15) is 33.6 Å². The van der Waals surface area contributed by atoms with E-state index in [-0.39, 0.29) is 11.5 Å². The highest BCUT2D eigenvalue weighted by atomic mass is 16.5. The Labute approximate surface area is 113 Å². The Morgan fingerprint density at radius 2 is 1.61 bits per heavy atom. The van der Waals surface area contributed by atoms with Gasteiger partial charge in [-0.2, -0.15) is 0 Å². The predicted molar refractivity (Wildman–Crippen MR) is 76.9 cm³/mol. The van der Waals surface area contributed by atoms with Gasteiger partial charge in [0.25, 0.3) is 0 Å². The molecule has 0 aromatic heterocycles. The van der Waals surface area contributed by atoms with E-state index in [4.69, 9.17) is 15.2 Å². The van der Waals surface area contributed by atoms with Gasteiger partial charge < -0.3 is 20.1 Å². The summed E-state index contributed by atoms with van der Waals surface area (Å²) in [6.45, 7) is 11.2. The van der Waals surface area contributed by atoms with E-state index in [1.165, 1.54) is 0 Å². The van der Waals surface area contributed by atoms with Gasteiger partial charge in [-0.25, -0.2) is 0 Å². The first-order valence-electron chi connectivity index (χ1n) is 6.87. The molecule has 18 heavy (non-hydrogen) atoms. The first-order chi connectivity index (χ1) is 8.41. The molecule has 0 spiro atoms. The number of rotatable bonds is 10. The smallest absolute Gasteiger partial charge is 0.0589 e. The van der Waals surface area contributed by atoms with Crippen LogP contribution in [-0.4, -0.2) is 58.0 Å². The van der Waals surface area contributed by atoms with E-state index in [0.717, 1.165) is 45.7 Å². The lowest BCUT2D eigenvalue weighted by molar-refractivity contribution is 0.127. The Hall–Kier alpha value is -0.160. The third-order valence-electron chi connectivity index (χ3n) is 3.30. The van der Waals surface area contributed by atoms with Crippen LogP contribution in [0, 0.1) is 5.41 Å². The van der Waals surface area contributed by atoms with Gasteiger partial charge in [0, 0.05) is 40.0 Å². The third-order valence-corrected chi connectivity index (χ3v) is 3.30. The molecule has 0 saturated heterocycles. The quantitative estimate of drug-likeness (QED) is 0.608. The fourth-order valence-electron chi connectivity index (χ4n) is 1.74. The van der Waals surface area contributed by atoms with Gasteiger partial charge in [-0.1, -0.05) is 20.8 Å². The summed E-state index contributed by atoms with van der Waals surface area (Å²) in [5.41, 5.74) is 6.38. The Morgan fingerprint density at radius 3 is 2.11 bits per heavy atom. The summed E-state index contributed by atoms with van der Waals surface area (Å²) in [4.78, 5) is 2.41. The second-order valence-electron chi connectivity index (χ2n) is 5.94. The van der Waals surface area contributed by atoms with Gasteiger partial charge in [-0.05, 0) is 24.8 Å². The van der Waals surface area contributed by atoms with E-state index >= 15 is 0 Å². The highest BCUT2D eigenvalue weighted by Crippen LogP contribution is 2.19. The van der Waals surface area contributed by atoms with Crippen LogP contribution in [0.5, 0.6) is 0 Å². The summed E-state index contributed by atoms with van der Waals surface area (Å²) in [5, 5.41) is 0. The highest BCUT2D eigenvalue weighted by molar-refractivity contribution is 4.78. The molecule has 110 valence electrons. The van der Waals surface area contributed by atoms with Crippen LogP contribution in [0.25, 0.3) is 0 Å². The number of hydrogen-bond donors (Lipinski definition) is 1. The van der Waals surface area contributed by atoms with Crippen molar-refractivity contribution in [2.45, 2.75) is 39.7 Å². The molecule has 4 nitrogen and oxygen atoms in total. The van der Waals surface area contributed by atoms with Crippen molar-refractivity contribution in [3.8, 4) is 0 Å². The summed E-state index contributed by atoms with van der Waals surface area (Å²) in [7, 11) is 3.49. The van der Waals surface area contributed by atoms with Gasteiger partial charge in [0.15, 0.2) is 0 Å². The van der Waals surface area contributed by atoms with Crippen molar-refractivity contribution in [3.05, 3.63) is 0 Å². The van der Waals surface area contributed by atoms with Crippen molar-refractivity contribution in [2.75, 3.05) is 47.1 Å². The molecule has 0 aromatic carbocycles. The minimum Gasteiger partial charge on any atom is -0.385 e. The van der Waals surface area contributed by atoms with E-state index in [1.807, 2.05) is 0 Å². The maximum atomic E-state index is 6.20. The monoisotopic (exact) mass is 260 g/mol. The second kappa shape index (κ2) is 9.73. The van der Waals surface area contributed by atoms with Crippen LogP contribution in [0.2, 0.25) is 0 Å². The van der Waals surface area contributed by atoms with Crippen LogP contribution < -0.4 is 5.73 Å². The predicted octanol–water partition coefficient (Wildman–Crippen LogP) is 1.73. The molecule has 0 amide bonds. The molecule has 0 radical (unpaired) electrons. The summed E-state index contributed by atoms with van der Waals surface area (Å²) >= 11 is 0. The molecule has 0 fully saturated rings. The summed E-state index contributed by atoms with van der Waals surface area (Å²) in [5.74, 6) is 0. The van der Waals surface area contributed by atoms with Gasteiger partial charge >= 0.3 is 0 Å². The molecule has 0 aromatic rings. The van der Waals surface area contributed by atoms with E-state index in [0.29, 0.717) is 0 Å². The van der Waals surface area contributed by atoms with Crippen LogP contribution in [0.3, 0.4) is 0 Å². The molecular weight excluding hydrogens is 228 g/mol. The van der Waals surface area contributed by atoms with E-state index in [1.54, 1.807) is 14.2 Å². The minimum absolute atomic E-state index is 0.180. The van der Waals surface area contributed by atoms with Crippen LogP contribution in [0.15, 0.2) is 0 Å². The van der Waals surface area contributed by atoms with Crippen LogP contribution in [0.4, 0.5) is 0 Å². The number of methoxy groups -OCH3 is 2. The van der Waals surface area contributed by atoms with Crippen LogP contribution >= 0.6 is 0 Å². The average Bonchev–Trinajstić information content (AvgIpc) is 2.30. The van der Waals surface area contributed by atoms with Crippen molar-refractivity contribution in [1.82, 2.24) is 4.90 Å². The molecule has 1 atom stereocenters. The SMILES string of the molecule is COCCCN(CCOC)CCC(N)C(C)(C)C. The first kappa shape index (κ1) is 17.8. The maximum Gasteiger partial charge on any atom is 0.0589 e. The van der Waals surface area contributed by atoms with Crippen molar-refractivity contribution < 1.29 is 9.47 Å². The van der Waals surface area contributed by atoms with E-state index in [9.17, 15) is 0 Å². The topological polar surface area (TPSA) is 47.7 Å². The Kier molecular flexibility index (Phi) is 9.64. The fraction of sp³-hybridized carbons (Fsp3) is 1.00. The molecule has 0 aliphatic carbocycles.